The van der Waals surface area contributed by atoms with Gasteiger partial charge in [0.1, 0.15) is 0 Å². The molecule has 15 heavy (non-hydrogen) atoms. The predicted octanol–water partition coefficient (Wildman–Crippen LogP) is 2.54. The Balaban J connectivity index is 2.09. The third kappa shape index (κ3) is 5.53. The van der Waals surface area contributed by atoms with Gasteiger partial charge in [-0.15, -0.1) is 0 Å². The summed E-state index contributed by atoms with van der Waals surface area (Å²) in [5.74, 6) is 0.895. The monoisotopic (exact) mass is 212 g/mol. The number of hydrogen-bond acceptors (Lipinski definition) is 2. The molecule has 0 aromatic heterocycles. The molecule has 0 aromatic rings. The summed E-state index contributed by atoms with van der Waals surface area (Å²) in [5, 5.41) is 7.18. The molecule has 0 spiro atoms. The van der Waals surface area contributed by atoms with E-state index in [0.29, 0.717) is 0 Å². The van der Waals surface area contributed by atoms with Gasteiger partial charge < -0.3 is 10.6 Å². The first-order valence-electron chi connectivity index (χ1n) is 6.80. The van der Waals surface area contributed by atoms with Crippen LogP contribution >= 0.6 is 0 Å². The zero-order valence-corrected chi connectivity index (χ0v) is 10.5. The minimum absolute atomic E-state index is 0.731. The molecule has 1 aliphatic heterocycles. The zero-order valence-electron chi connectivity index (χ0n) is 10.5. The lowest BCUT2D eigenvalue weighted by Gasteiger charge is -2.26. The van der Waals surface area contributed by atoms with Crippen molar-refractivity contribution in [1.29, 1.82) is 0 Å². The molecular weight excluding hydrogens is 184 g/mol. The Morgan fingerprint density at radius 1 is 1.40 bits per heavy atom. The molecule has 1 rings (SSSR count). The molecule has 1 fully saturated rings. The van der Waals surface area contributed by atoms with E-state index >= 15 is 0 Å². The lowest BCUT2D eigenvalue weighted by atomic mass is 9.98. The summed E-state index contributed by atoms with van der Waals surface area (Å²) in [7, 11) is 0. The molecule has 0 saturated carbocycles. The second-order valence-electron chi connectivity index (χ2n) is 4.87. The van der Waals surface area contributed by atoms with Gasteiger partial charge in [0, 0.05) is 12.6 Å². The quantitative estimate of drug-likeness (QED) is 0.678. The van der Waals surface area contributed by atoms with Gasteiger partial charge in [-0.05, 0) is 38.3 Å². The van der Waals surface area contributed by atoms with E-state index in [-0.39, 0.29) is 0 Å². The van der Waals surface area contributed by atoms with Gasteiger partial charge in [-0.25, -0.2) is 0 Å². The molecule has 0 aromatic carbocycles. The highest BCUT2D eigenvalue weighted by molar-refractivity contribution is 4.76. The number of rotatable bonds is 7. The van der Waals surface area contributed by atoms with Gasteiger partial charge in [-0.2, -0.15) is 0 Å². The van der Waals surface area contributed by atoms with E-state index in [0.717, 1.165) is 12.0 Å². The maximum absolute atomic E-state index is 3.72. The fraction of sp³-hybridized carbons (Fsp3) is 1.00. The first kappa shape index (κ1) is 13.0. The molecule has 1 aliphatic rings. The van der Waals surface area contributed by atoms with Crippen molar-refractivity contribution in [2.75, 3.05) is 19.6 Å². The number of unbranched alkanes of at least 4 members (excludes halogenated alkanes) is 1. The topological polar surface area (TPSA) is 24.1 Å². The van der Waals surface area contributed by atoms with Crippen LogP contribution in [0.2, 0.25) is 0 Å². The van der Waals surface area contributed by atoms with Crippen LogP contribution in [0.3, 0.4) is 0 Å². The van der Waals surface area contributed by atoms with Crippen molar-refractivity contribution in [3.05, 3.63) is 0 Å². The molecule has 2 N–H and O–H groups in total. The van der Waals surface area contributed by atoms with Crippen molar-refractivity contribution in [2.45, 2.75) is 58.4 Å². The Hall–Kier alpha value is -0.0800. The summed E-state index contributed by atoms with van der Waals surface area (Å²) in [5.41, 5.74) is 0. The van der Waals surface area contributed by atoms with Crippen LogP contribution in [0.1, 0.15) is 52.4 Å². The Kier molecular flexibility index (Phi) is 7.03. The molecule has 1 heterocycles. The highest BCUT2D eigenvalue weighted by Crippen LogP contribution is 2.12. The summed E-state index contributed by atoms with van der Waals surface area (Å²) < 4.78 is 0. The molecule has 0 radical (unpaired) electrons. The minimum Gasteiger partial charge on any atom is -0.315 e. The van der Waals surface area contributed by atoms with Gasteiger partial charge in [0.05, 0.1) is 0 Å². The predicted molar refractivity (Wildman–Crippen MR) is 67.2 cm³/mol. The van der Waals surface area contributed by atoms with Gasteiger partial charge in [-0.1, -0.05) is 33.1 Å². The van der Waals surface area contributed by atoms with Crippen LogP contribution in [-0.2, 0) is 0 Å². The molecule has 2 heteroatoms. The molecule has 90 valence electrons. The maximum Gasteiger partial charge on any atom is 0.0193 e. The van der Waals surface area contributed by atoms with E-state index in [1.54, 1.807) is 0 Å². The highest BCUT2D eigenvalue weighted by atomic mass is 15.0. The van der Waals surface area contributed by atoms with Gasteiger partial charge in [0.2, 0.25) is 0 Å². The Morgan fingerprint density at radius 2 is 2.27 bits per heavy atom. The number of nitrogens with one attached hydrogen (secondary N) is 2. The Labute approximate surface area is 95.2 Å². The fourth-order valence-electron chi connectivity index (χ4n) is 2.30. The molecule has 0 amide bonds. The molecule has 0 aliphatic carbocycles. The third-order valence-electron chi connectivity index (χ3n) is 3.54. The van der Waals surface area contributed by atoms with Crippen LogP contribution in [0, 0.1) is 5.92 Å². The standard InChI is InChI=1S/C13H28N2/c1-3-5-7-12(4-2)10-15-13-8-6-9-14-11-13/h12-15H,3-11H2,1-2H3. The lowest BCUT2D eigenvalue weighted by Crippen LogP contribution is -2.44. The second-order valence-corrected chi connectivity index (χ2v) is 4.87. The van der Waals surface area contributed by atoms with E-state index < -0.39 is 0 Å². The SMILES string of the molecule is CCCCC(CC)CNC1CCCNC1. The summed E-state index contributed by atoms with van der Waals surface area (Å²) in [6.45, 7) is 8.21. The van der Waals surface area contributed by atoms with Crippen molar-refractivity contribution in [3.63, 3.8) is 0 Å². The normalized spacial score (nSPS) is 24.0. The van der Waals surface area contributed by atoms with Crippen molar-refractivity contribution in [3.8, 4) is 0 Å². The summed E-state index contributed by atoms with van der Waals surface area (Å²) in [6, 6.07) is 0.731. The van der Waals surface area contributed by atoms with E-state index in [9.17, 15) is 0 Å². The molecule has 2 unspecified atom stereocenters. The van der Waals surface area contributed by atoms with E-state index in [4.69, 9.17) is 0 Å². The van der Waals surface area contributed by atoms with E-state index in [1.807, 2.05) is 0 Å². The van der Waals surface area contributed by atoms with Gasteiger partial charge >= 0.3 is 0 Å². The minimum atomic E-state index is 0.731. The maximum atomic E-state index is 3.72. The second kappa shape index (κ2) is 8.12. The van der Waals surface area contributed by atoms with Crippen LogP contribution in [0.15, 0.2) is 0 Å². The van der Waals surface area contributed by atoms with Crippen LogP contribution < -0.4 is 10.6 Å². The molecule has 2 nitrogen and oxygen atoms in total. The molecular formula is C13H28N2. The average molecular weight is 212 g/mol. The van der Waals surface area contributed by atoms with Crippen LogP contribution in [-0.4, -0.2) is 25.7 Å². The van der Waals surface area contributed by atoms with Gasteiger partial charge in [0.15, 0.2) is 0 Å². The van der Waals surface area contributed by atoms with Crippen LogP contribution in [0.5, 0.6) is 0 Å². The first-order valence-corrected chi connectivity index (χ1v) is 6.80. The van der Waals surface area contributed by atoms with E-state index in [2.05, 4.69) is 24.5 Å². The van der Waals surface area contributed by atoms with Crippen molar-refractivity contribution in [1.82, 2.24) is 10.6 Å². The molecule has 2 atom stereocenters. The van der Waals surface area contributed by atoms with Crippen LogP contribution in [0.25, 0.3) is 0 Å². The molecule has 1 saturated heterocycles. The highest BCUT2D eigenvalue weighted by Gasteiger charge is 2.13. The lowest BCUT2D eigenvalue weighted by molar-refractivity contribution is 0.342. The first-order chi connectivity index (χ1) is 7.36. The van der Waals surface area contributed by atoms with Crippen molar-refractivity contribution >= 4 is 0 Å². The summed E-state index contributed by atoms with van der Waals surface area (Å²) >= 11 is 0. The van der Waals surface area contributed by atoms with E-state index in [1.165, 1.54) is 58.2 Å². The van der Waals surface area contributed by atoms with Gasteiger partial charge in [0.25, 0.3) is 0 Å². The average Bonchev–Trinajstić information content (AvgIpc) is 2.31. The fourth-order valence-corrected chi connectivity index (χ4v) is 2.30. The van der Waals surface area contributed by atoms with Crippen molar-refractivity contribution in [2.24, 2.45) is 5.92 Å². The van der Waals surface area contributed by atoms with Crippen molar-refractivity contribution < 1.29 is 0 Å². The number of piperidine rings is 1. The zero-order chi connectivity index (χ0) is 10.9. The van der Waals surface area contributed by atoms with Gasteiger partial charge in [-0.3, -0.25) is 0 Å². The number of hydrogen-bond donors (Lipinski definition) is 2. The third-order valence-corrected chi connectivity index (χ3v) is 3.54. The summed E-state index contributed by atoms with van der Waals surface area (Å²) in [4.78, 5) is 0. The summed E-state index contributed by atoms with van der Waals surface area (Å²) in [6.07, 6.45) is 8.15. The largest absolute Gasteiger partial charge is 0.315 e. The van der Waals surface area contributed by atoms with Crippen LogP contribution in [0.4, 0.5) is 0 Å². The smallest absolute Gasteiger partial charge is 0.0193 e. The molecule has 0 bridgehead atoms. The Morgan fingerprint density at radius 3 is 2.87 bits per heavy atom. The Bertz CT molecular complexity index is 141.